The second kappa shape index (κ2) is 7.07. The summed E-state index contributed by atoms with van der Waals surface area (Å²) < 4.78 is 7.38. The van der Waals surface area contributed by atoms with E-state index in [1.165, 1.54) is 4.57 Å². The van der Waals surface area contributed by atoms with E-state index in [-0.39, 0.29) is 12.2 Å². The van der Waals surface area contributed by atoms with Gasteiger partial charge in [-0.25, -0.2) is 0 Å². The van der Waals surface area contributed by atoms with Gasteiger partial charge in [0.2, 0.25) is 0 Å². The first-order chi connectivity index (χ1) is 11.6. The van der Waals surface area contributed by atoms with Crippen molar-refractivity contribution in [1.82, 2.24) is 4.57 Å². The van der Waals surface area contributed by atoms with Crippen LogP contribution in [0.1, 0.15) is 11.3 Å². The van der Waals surface area contributed by atoms with Gasteiger partial charge in [-0.3, -0.25) is 4.79 Å². The zero-order valence-corrected chi connectivity index (χ0v) is 14.1. The van der Waals surface area contributed by atoms with Gasteiger partial charge in [0.05, 0.1) is 24.3 Å². The van der Waals surface area contributed by atoms with Crippen LogP contribution in [0.3, 0.4) is 0 Å². The topological polar surface area (TPSA) is 51.5 Å². The summed E-state index contributed by atoms with van der Waals surface area (Å²) in [6.07, 6.45) is 0.733. The third kappa shape index (κ3) is 3.16. The molecule has 0 saturated heterocycles. The Kier molecular flexibility index (Phi) is 4.88. The maximum atomic E-state index is 12.4. The first-order valence-corrected chi connectivity index (χ1v) is 8.08. The number of halogens is 1. The van der Waals surface area contributed by atoms with Crippen molar-refractivity contribution in [3.05, 3.63) is 75.2 Å². The minimum Gasteiger partial charge on any atom is -0.491 e. The fourth-order valence-electron chi connectivity index (χ4n) is 2.76. The number of ether oxygens (including phenoxy) is 1. The fraction of sp³-hybridized carbons (Fsp3) is 0.211. The number of rotatable bonds is 5. The molecule has 2 aromatic carbocycles. The molecule has 0 bridgehead atoms. The maximum Gasteiger partial charge on any atom is 0.258 e. The van der Waals surface area contributed by atoms with E-state index in [0.717, 1.165) is 12.0 Å². The summed E-state index contributed by atoms with van der Waals surface area (Å²) in [5, 5.41) is 11.4. The minimum atomic E-state index is -0.283. The molecule has 0 radical (unpaired) electrons. The second-order valence-electron chi connectivity index (χ2n) is 5.57. The molecular weight excluding hydrogens is 326 g/mol. The van der Waals surface area contributed by atoms with Gasteiger partial charge in [0.1, 0.15) is 5.75 Å². The van der Waals surface area contributed by atoms with Gasteiger partial charge in [0.25, 0.3) is 5.56 Å². The lowest BCUT2D eigenvalue weighted by Crippen LogP contribution is -2.22. The van der Waals surface area contributed by atoms with E-state index in [0.29, 0.717) is 33.8 Å². The van der Waals surface area contributed by atoms with Crippen molar-refractivity contribution in [2.45, 2.75) is 13.0 Å². The van der Waals surface area contributed by atoms with Gasteiger partial charge >= 0.3 is 0 Å². The van der Waals surface area contributed by atoms with Gasteiger partial charge in [-0.05, 0) is 23.8 Å². The molecule has 4 nitrogen and oxygen atoms in total. The van der Waals surface area contributed by atoms with Crippen LogP contribution >= 0.6 is 11.6 Å². The Morgan fingerprint density at radius 2 is 1.88 bits per heavy atom. The predicted molar refractivity (Wildman–Crippen MR) is 95.8 cm³/mol. The molecule has 0 aliphatic carbocycles. The molecule has 0 unspecified atom stereocenters. The standard InChI is InChI=1S/C19H18ClNO3/c1-21-17(12-22)18(24-10-9-13-5-3-2-4-6-13)16-11-14(20)7-8-15(16)19(21)23/h2-8,11,22H,9-10,12H2,1H3. The molecule has 5 heteroatoms. The van der Waals surface area contributed by atoms with Crippen molar-refractivity contribution < 1.29 is 9.84 Å². The minimum absolute atomic E-state index is 0.180. The van der Waals surface area contributed by atoms with E-state index in [1.807, 2.05) is 30.3 Å². The van der Waals surface area contributed by atoms with Crippen LogP contribution in [-0.2, 0) is 20.1 Å². The largest absolute Gasteiger partial charge is 0.491 e. The van der Waals surface area contributed by atoms with Crippen molar-refractivity contribution in [3.8, 4) is 5.75 Å². The first-order valence-electron chi connectivity index (χ1n) is 7.70. The highest BCUT2D eigenvalue weighted by Gasteiger charge is 2.16. The van der Waals surface area contributed by atoms with Crippen LogP contribution in [-0.4, -0.2) is 16.3 Å². The number of aromatic nitrogens is 1. The summed E-state index contributed by atoms with van der Waals surface area (Å²) in [5.41, 5.74) is 1.43. The molecule has 124 valence electrons. The number of hydrogen-bond donors (Lipinski definition) is 1. The van der Waals surface area contributed by atoms with E-state index in [2.05, 4.69) is 0 Å². The molecule has 1 N–H and O–H groups in total. The van der Waals surface area contributed by atoms with Crippen molar-refractivity contribution in [1.29, 1.82) is 0 Å². The number of fused-ring (bicyclic) bond motifs is 1. The molecule has 0 aliphatic heterocycles. The maximum absolute atomic E-state index is 12.4. The van der Waals surface area contributed by atoms with Crippen LogP contribution in [0, 0.1) is 0 Å². The fourth-order valence-corrected chi connectivity index (χ4v) is 2.93. The predicted octanol–water partition coefficient (Wildman–Crippen LogP) is 3.31. The molecule has 3 aromatic rings. The van der Waals surface area contributed by atoms with Crippen LogP contribution < -0.4 is 10.3 Å². The summed E-state index contributed by atoms with van der Waals surface area (Å²) in [5.74, 6) is 0.507. The van der Waals surface area contributed by atoms with Gasteiger partial charge in [-0.15, -0.1) is 0 Å². The van der Waals surface area contributed by atoms with Crippen LogP contribution in [0.25, 0.3) is 10.8 Å². The number of nitrogens with zero attached hydrogens (tertiary/aromatic N) is 1. The average molecular weight is 344 g/mol. The Labute approximate surface area is 144 Å². The SMILES string of the molecule is Cn1c(CO)c(OCCc2ccccc2)c2cc(Cl)ccc2c1=O. The van der Waals surface area contributed by atoms with Crippen LogP contribution in [0.15, 0.2) is 53.3 Å². The second-order valence-corrected chi connectivity index (χ2v) is 6.01. The summed E-state index contributed by atoms with van der Waals surface area (Å²) in [6, 6.07) is 15.1. The van der Waals surface area contributed by atoms with Gasteiger partial charge in [0.15, 0.2) is 0 Å². The zero-order valence-electron chi connectivity index (χ0n) is 13.3. The van der Waals surface area contributed by atoms with Gasteiger partial charge < -0.3 is 14.4 Å². The highest BCUT2D eigenvalue weighted by atomic mass is 35.5. The van der Waals surface area contributed by atoms with Crippen molar-refractivity contribution in [3.63, 3.8) is 0 Å². The van der Waals surface area contributed by atoms with E-state index in [1.54, 1.807) is 25.2 Å². The Bertz CT molecular complexity index is 919. The van der Waals surface area contributed by atoms with Gasteiger partial charge in [0, 0.05) is 23.9 Å². The molecular formula is C19H18ClNO3. The van der Waals surface area contributed by atoms with Crippen molar-refractivity contribution >= 4 is 22.4 Å². The Morgan fingerprint density at radius 3 is 2.58 bits per heavy atom. The molecule has 0 saturated carbocycles. The quantitative estimate of drug-likeness (QED) is 0.773. The normalized spacial score (nSPS) is 11.0. The van der Waals surface area contributed by atoms with Gasteiger partial charge in [-0.1, -0.05) is 41.9 Å². The lowest BCUT2D eigenvalue weighted by atomic mass is 10.1. The smallest absolute Gasteiger partial charge is 0.258 e. The molecule has 0 amide bonds. The van der Waals surface area contributed by atoms with Crippen LogP contribution in [0.2, 0.25) is 5.02 Å². The summed E-state index contributed by atoms with van der Waals surface area (Å²) in [7, 11) is 1.63. The van der Waals surface area contributed by atoms with Crippen molar-refractivity contribution in [2.24, 2.45) is 7.05 Å². The average Bonchev–Trinajstić information content (AvgIpc) is 2.60. The first kappa shape index (κ1) is 16.6. The van der Waals surface area contributed by atoms with E-state index >= 15 is 0 Å². The number of aliphatic hydroxyl groups excluding tert-OH is 1. The van der Waals surface area contributed by atoms with Gasteiger partial charge in [-0.2, -0.15) is 0 Å². The molecule has 24 heavy (non-hydrogen) atoms. The molecule has 3 rings (SSSR count). The third-order valence-corrected chi connectivity index (χ3v) is 4.29. The third-order valence-electron chi connectivity index (χ3n) is 4.06. The molecule has 1 heterocycles. The number of pyridine rings is 1. The highest BCUT2D eigenvalue weighted by molar-refractivity contribution is 6.31. The molecule has 0 spiro atoms. The summed E-state index contributed by atoms with van der Waals surface area (Å²) >= 11 is 6.08. The Morgan fingerprint density at radius 1 is 1.12 bits per heavy atom. The lowest BCUT2D eigenvalue weighted by molar-refractivity contribution is 0.253. The highest BCUT2D eigenvalue weighted by Crippen LogP contribution is 2.30. The summed E-state index contributed by atoms with van der Waals surface area (Å²) in [6.45, 7) is 0.158. The Hall–Kier alpha value is -2.30. The van der Waals surface area contributed by atoms with E-state index < -0.39 is 0 Å². The van der Waals surface area contributed by atoms with Crippen molar-refractivity contribution in [2.75, 3.05) is 6.61 Å². The Balaban J connectivity index is 2.00. The molecule has 0 aliphatic rings. The van der Waals surface area contributed by atoms with Crippen LogP contribution in [0.4, 0.5) is 0 Å². The van der Waals surface area contributed by atoms with Crippen LogP contribution in [0.5, 0.6) is 5.75 Å². The lowest BCUT2D eigenvalue weighted by Gasteiger charge is -2.16. The van der Waals surface area contributed by atoms with E-state index in [9.17, 15) is 9.90 Å². The molecule has 0 fully saturated rings. The zero-order chi connectivity index (χ0) is 17.1. The number of benzene rings is 2. The summed E-state index contributed by atoms with van der Waals surface area (Å²) in [4.78, 5) is 12.4. The number of hydrogen-bond acceptors (Lipinski definition) is 3. The monoisotopic (exact) mass is 343 g/mol. The van der Waals surface area contributed by atoms with E-state index in [4.69, 9.17) is 16.3 Å². The molecule has 0 atom stereocenters. The molecule has 1 aromatic heterocycles. The number of aliphatic hydroxyl groups is 1.